The Hall–Kier alpha value is -3.42. The van der Waals surface area contributed by atoms with Gasteiger partial charge in [-0.1, -0.05) is 12.1 Å². The van der Waals surface area contributed by atoms with E-state index < -0.39 is 28.7 Å². The molecule has 0 aliphatic rings. The summed E-state index contributed by atoms with van der Waals surface area (Å²) in [6.45, 7) is 3.88. The lowest BCUT2D eigenvalue weighted by molar-refractivity contribution is -0.114. The summed E-state index contributed by atoms with van der Waals surface area (Å²) in [5.74, 6) is -2.64. The average molecular weight is 344 g/mol. The third-order valence-electron chi connectivity index (χ3n) is 3.30. The number of carbonyl (C=O) groups excluding carboxylic acids is 2. The molecule has 3 N–H and O–H groups in total. The van der Waals surface area contributed by atoms with Crippen LogP contribution < -0.4 is 10.9 Å². The summed E-state index contributed by atoms with van der Waals surface area (Å²) in [5, 5.41) is 22.3. The molecule has 1 aromatic carbocycles. The van der Waals surface area contributed by atoms with Crippen LogP contribution in [-0.2, 0) is 4.79 Å². The van der Waals surface area contributed by atoms with Crippen molar-refractivity contribution in [3.8, 4) is 11.7 Å². The summed E-state index contributed by atoms with van der Waals surface area (Å²) >= 11 is 0. The van der Waals surface area contributed by atoms with Gasteiger partial charge in [-0.25, -0.2) is 4.79 Å². The number of hydrogen-bond acceptors (Lipinski definition) is 7. The number of para-hydroxylation sites is 2. The summed E-state index contributed by atoms with van der Waals surface area (Å²) in [7, 11) is 0. The zero-order valence-electron chi connectivity index (χ0n) is 13.8. The molecule has 0 unspecified atom stereocenters. The summed E-state index contributed by atoms with van der Waals surface area (Å²) in [6.07, 6.45) is 0. The van der Waals surface area contributed by atoms with Gasteiger partial charge in [-0.05, 0) is 26.0 Å². The van der Waals surface area contributed by atoms with Gasteiger partial charge in [0.05, 0.1) is 17.1 Å². The minimum absolute atomic E-state index is 0.0477. The number of Topliss-reactive ketones (excluding diaryl/α,β-unsaturated/α-hetero) is 1. The van der Waals surface area contributed by atoms with Crippen molar-refractivity contribution in [1.82, 2.24) is 0 Å². The molecular formula is C17H16N2O6. The molecule has 2 rings (SSSR count). The number of nitrogens with zero attached hydrogens (tertiary/aromatic N) is 1. The first-order valence-corrected chi connectivity index (χ1v) is 7.24. The Labute approximate surface area is 142 Å². The minimum Gasteiger partial charge on any atom is -0.506 e. The maximum Gasteiger partial charge on any atom is 0.351 e. The van der Waals surface area contributed by atoms with Gasteiger partial charge in [0.15, 0.2) is 5.78 Å². The van der Waals surface area contributed by atoms with Crippen molar-refractivity contribution in [2.45, 2.75) is 20.8 Å². The fourth-order valence-electron chi connectivity index (χ4n) is 2.25. The van der Waals surface area contributed by atoms with E-state index in [-0.39, 0.29) is 17.2 Å². The van der Waals surface area contributed by atoms with Crippen LogP contribution in [0.15, 0.2) is 38.5 Å². The molecule has 0 aliphatic heterocycles. The van der Waals surface area contributed by atoms with Gasteiger partial charge in [-0.2, -0.15) is 0 Å². The summed E-state index contributed by atoms with van der Waals surface area (Å²) in [5.41, 5.74) is -1.10. The van der Waals surface area contributed by atoms with Gasteiger partial charge in [0.1, 0.15) is 16.9 Å². The van der Waals surface area contributed by atoms with Crippen LogP contribution in [0.1, 0.15) is 36.7 Å². The number of anilines is 1. The highest BCUT2D eigenvalue weighted by Crippen LogP contribution is 2.30. The highest BCUT2D eigenvalue weighted by molar-refractivity contribution is 6.07. The first-order chi connectivity index (χ1) is 11.7. The van der Waals surface area contributed by atoms with Gasteiger partial charge in [0, 0.05) is 6.92 Å². The van der Waals surface area contributed by atoms with Gasteiger partial charge >= 0.3 is 5.63 Å². The van der Waals surface area contributed by atoms with Crippen molar-refractivity contribution in [2.24, 2.45) is 4.99 Å². The summed E-state index contributed by atoms with van der Waals surface area (Å²) in [6, 6.07) is 6.59. The van der Waals surface area contributed by atoms with Crippen molar-refractivity contribution >= 4 is 28.8 Å². The fourth-order valence-corrected chi connectivity index (χ4v) is 2.25. The maximum atomic E-state index is 12.0. The topological polar surface area (TPSA) is 129 Å². The highest BCUT2D eigenvalue weighted by atomic mass is 16.5. The molecule has 1 heterocycles. The van der Waals surface area contributed by atoms with Crippen molar-refractivity contribution in [3.63, 3.8) is 0 Å². The standard InChI is InChI=1S/C17H16N2O6/c1-8(18-11-6-4-5-7-12(11)19-10(3)21)13-15(22)14(9(2)20)17(24)25-16(13)23/h4-7,22,24H,1-3H3,(H,19,21). The van der Waals surface area contributed by atoms with Crippen LogP contribution in [0.25, 0.3) is 0 Å². The minimum atomic E-state index is -1.04. The lowest BCUT2D eigenvalue weighted by Crippen LogP contribution is -2.15. The number of aromatic hydroxyl groups is 2. The van der Waals surface area contributed by atoms with Crippen LogP contribution in [0.5, 0.6) is 11.7 Å². The fraction of sp³-hybridized carbons (Fsp3) is 0.176. The number of carbonyl (C=O) groups is 2. The Balaban J connectivity index is 2.63. The Morgan fingerprint density at radius 1 is 1.08 bits per heavy atom. The monoisotopic (exact) mass is 344 g/mol. The SMILES string of the molecule is CC(=O)Nc1ccccc1N=C(C)c1c(O)c(C(C)=O)c(O)oc1=O. The van der Waals surface area contributed by atoms with E-state index >= 15 is 0 Å². The largest absolute Gasteiger partial charge is 0.506 e. The van der Waals surface area contributed by atoms with Gasteiger partial charge < -0.3 is 19.9 Å². The molecule has 0 spiro atoms. The van der Waals surface area contributed by atoms with Crippen LogP contribution in [0.2, 0.25) is 0 Å². The number of ketones is 1. The molecule has 25 heavy (non-hydrogen) atoms. The molecule has 0 aliphatic carbocycles. The Morgan fingerprint density at radius 3 is 2.32 bits per heavy atom. The lowest BCUT2D eigenvalue weighted by Gasteiger charge is -2.09. The molecule has 130 valence electrons. The van der Waals surface area contributed by atoms with Crippen molar-refractivity contribution in [3.05, 3.63) is 45.8 Å². The van der Waals surface area contributed by atoms with E-state index in [0.717, 1.165) is 6.92 Å². The van der Waals surface area contributed by atoms with Crippen molar-refractivity contribution in [1.29, 1.82) is 0 Å². The zero-order valence-corrected chi connectivity index (χ0v) is 13.8. The number of amides is 1. The predicted octanol–water partition coefficient (Wildman–Crippen LogP) is 2.35. The maximum absolute atomic E-state index is 12.0. The van der Waals surface area contributed by atoms with E-state index in [9.17, 15) is 24.6 Å². The summed E-state index contributed by atoms with van der Waals surface area (Å²) < 4.78 is 4.60. The molecule has 2 aromatic rings. The van der Waals surface area contributed by atoms with Crippen LogP contribution >= 0.6 is 0 Å². The zero-order chi connectivity index (χ0) is 18.7. The second-order valence-corrected chi connectivity index (χ2v) is 5.25. The molecular weight excluding hydrogens is 328 g/mol. The molecule has 1 amide bonds. The third kappa shape index (κ3) is 3.74. The van der Waals surface area contributed by atoms with Crippen LogP contribution in [0.4, 0.5) is 11.4 Å². The third-order valence-corrected chi connectivity index (χ3v) is 3.30. The van der Waals surface area contributed by atoms with Crippen LogP contribution in [-0.4, -0.2) is 27.6 Å². The molecule has 0 saturated carbocycles. The molecule has 8 heteroatoms. The first-order valence-electron chi connectivity index (χ1n) is 7.24. The van der Waals surface area contributed by atoms with Gasteiger partial charge in [0.25, 0.3) is 5.95 Å². The van der Waals surface area contributed by atoms with E-state index in [0.29, 0.717) is 11.4 Å². The van der Waals surface area contributed by atoms with E-state index in [1.807, 2.05) is 0 Å². The van der Waals surface area contributed by atoms with Crippen LogP contribution in [0, 0.1) is 0 Å². The number of hydrogen-bond donors (Lipinski definition) is 3. The Morgan fingerprint density at radius 2 is 1.72 bits per heavy atom. The lowest BCUT2D eigenvalue weighted by atomic mass is 10.1. The highest BCUT2D eigenvalue weighted by Gasteiger charge is 2.24. The molecule has 8 nitrogen and oxygen atoms in total. The molecule has 0 saturated heterocycles. The Bertz CT molecular complexity index is 943. The number of nitrogens with one attached hydrogen (secondary N) is 1. The van der Waals surface area contributed by atoms with Crippen LogP contribution in [0.3, 0.4) is 0 Å². The predicted molar refractivity (Wildman–Crippen MR) is 90.9 cm³/mol. The smallest absolute Gasteiger partial charge is 0.351 e. The number of benzene rings is 1. The summed E-state index contributed by atoms with van der Waals surface area (Å²) in [4.78, 5) is 39.0. The van der Waals surface area contributed by atoms with Gasteiger partial charge in [-0.3, -0.25) is 14.6 Å². The molecule has 0 bridgehead atoms. The van der Waals surface area contributed by atoms with E-state index in [4.69, 9.17) is 0 Å². The Kier molecular flexibility index (Phi) is 5.02. The second kappa shape index (κ2) is 7.00. The van der Waals surface area contributed by atoms with E-state index in [1.165, 1.54) is 13.8 Å². The van der Waals surface area contributed by atoms with Gasteiger partial charge in [0.2, 0.25) is 5.91 Å². The molecule has 1 aromatic heterocycles. The second-order valence-electron chi connectivity index (χ2n) is 5.25. The number of aliphatic imine (C=N–C) groups is 1. The van der Waals surface area contributed by atoms with Gasteiger partial charge in [-0.15, -0.1) is 0 Å². The van der Waals surface area contributed by atoms with E-state index in [2.05, 4.69) is 14.7 Å². The first kappa shape index (κ1) is 17.9. The van der Waals surface area contributed by atoms with Crippen molar-refractivity contribution in [2.75, 3.05) is 5.32 Å². The normalized spacial score (nSPS) is 11.2. The molecule has 0 radical (unpaired) electrons. The van der Waals surface area contributed by atoms with E-state index in [1.54, 1.807) is 24.3 Å². The average Bonchev–Trinajstić information content (AvgIpc) is 2.47. The molecule has 0 fully saturated rings. The van der Waals surface area contributed by atoms with Crippen molar-refractivity contribution < 1.29 is 24.2 Å². The quantitative estimate of drug-likeness (QED) is 0.577. The number of rotatable bonds is 4. The molecule has 0 atom stereocenters.